The first-order valence-corrected chi connectivity index (χ1v) is 9.16. The van der Waals surface area contributed by atoms with Gasteiger partial charge in [0.25, 0.3) is 0 Å². The van der Waals surface area contributed by atoms with Crippen molar-refractivity contribution in [1.82, 2.24) is 9.97 Å². The molecule has 0 bridgehead atoms. The summed E-state index contributed by atoms with van der Waals surface area (Å²) >= 11 is 2.66. The van der Waals surface area contributed by atoms with Gasteiger partial charge in [0.05, 0.1) is 22.4 Å². The second-order valence-corrected chi connectivity index (χ2v) is 6.84. The lowest BCUT2D eigenvalue weighted by Gasteiger charge is -1.99. The molecule has 2 rings (SSSR count). The average molecular weight is 366 g/mol. The Kier molecular flexibility index (Phi) is 7.07. The van der Waals surface area contributed by atoms with Crippen molar-refractivity contribution in [1.29, 1.82) is 0 Å². The molecular weight excluding hydrogens is 348 g/mol. The third-order valence-corrected chi connectivity index (χ3v) is 5.15. The normalized spacial score (nSPS) is 10.9. The molecule has 2 heterocycles. The third kappa shape index (κ3) is 5.24. The van der Waals surface area contributed by atoms with E-state index < -0.39 is 11.9 Å². The molecule has 128 valence electrons. The van der Waals surface area contributed by atoms with E-state index in [1.165, 1.54) is 35.1 Å². The van der Waals surface area contributed by atoms with E-state index in [1.54, 1.807) is 12.2 Å². The van der Waals surface area contributed by atoms with Crippen LogP contribution in [-0.4, -0.2) is 35.1 Å². The van der Waals surface area contributed by atoms with Gasteiger partial charge in [-0.25, -0.2) is 19.6 Å². The number of carbonyl (C=O) groups is 2. The van der Waals surface area contributed by atoms with Gasteiger partial charge in [-0.15, -0.1) is 22.7 Å². The molecule has 24 heavy (non-hydrogen) atoms. The molecular formula is C16H18N2O4S2. The summed E-state index contributed by atoms with van der Waals surface area (Å²) in [6.45, 7) is 4.20. The molecule has 0 amide bonds. The van der Waals surface area contributed by atoms with Gasteiger partial charge in [-0.05, 0) is 25.0 Å². The number of esters is 2. The Morgan fingerprint density at radius 2 is 1.33 bits per heavy atom. The highest BCUT2D eigenvalue weighted by Gasteiger charge is 2.11. The summed E-state index contributed by atoms with van der Waals surface area (Å²) in [5.74, 6) is -0.795. The standard InChI is InChI=1S/C16H18N2O4S2/c1-3-13-17-9-11(23-13)15(19)21-7-5-6-8-22-16(20)12-10-18-14(4-2)24-12/h5-6,9-10H,3-4,7-8H2,1-2H3/b6-5+. The van der Waals surface area contributed by atoms with Crippen molar-refractivity contribution in [3.63, 3.8) is 0 Å². The zero-order chi connectivity index (χ0) is 17.4. The van der Waals surface area contributed by atoms with Gasteiger partial charge >= 0.3 is 11.9 Å². The van der Waals surface area contributed by atoms with Gasteiger partial charge in [-0.1, -0.05) is 13.8 Å². The number of ether oxygens (including phenoxy) is 2. The fourth-order valence-corrected chi connectivity index (χ4v) is 3.16. The maximum atomic E-state index is 11.8. The summed E-state index contributed by atoms with van der Waals surface area (Å²) in [4.78, 5) is 32.7. The van der Waals surface area contributed by atoms with Crippen LogP contribution in [0.3, 0.4) is 0 Å². The first-order valence-electron chi connectivity index (χ1n) is 7.52. The molecule has 6 nitrogen and oxygen atoms in total. The summed E-state index contributed by atoms with van der Waals surface area (Å²) in [7, 11) is 0. The summed E-state index contributed by atoms with van der Waals surface area (Å²) in [6, 6.07) is 0. The van der Waals surface area contributed by atoms with Gasteiger partial charge in [-0.2, -0.15) is 0 Å². The largest absolute Gasteiger partial charge is 0.457 e. The van der Waals surface area contributed by atoms with E-state index in [-0.39, 0.29) is 13.2 Å². The van der Waals surface area contributed by atoms with E-state index in [0.717, 1.165) is 22.9 Å². The minimum atomic E-state index is -0.398. The van der Waals surface area contributed by atoms with Crippen molar-refractivity contribution in [2.24, 2.45) is 0 Å². The minimum absolute atomic E-state index is 0.121. The Hall–Kier alpha value is -2.06. The highest BCUT2D eigenvalue weighted by atomic mass is 32.1. The maximum Gasteiger partial charge on any atom is 0.350 e. The molecule has 0 saturated heterocycles. The van der Waals surface area contributed by atoms with Gasteiger partial charge in [0.2, 0.25) is 0 Å². The van der Waals surface area contributed by atoms with E-state index in [4.69, 9.17) is 9.47 Å². The van der Waals surface area contributed by atoms with Gasteiger partial charge in [0.1, 0.15) is 23.0 Å². The van der Waals surface area contributed by atoms with Crippen molar-refractivity contribution in [2.75, 3.05) is 13.2 Å². The second-order valence-electron chi connectivity index (χ2n) is 4.61. The van der Waals surface area contributed by atoms with Crippen LogP contribution < -0.4 is 0 Å². The Balaban J connectivity index is 1.67. The lowest BCUT2D eigenvalue weighted by atomic mass is 10.5. The lowest BCUT2D eigenvalue weighted by molar-refractivity contribution is 0.0532. The number of hydrogen-bond donors (Lipinski definition) is 0. The number of nitrogens with zero attached hydrogens (tertiary/aromatic N) is 2. The van der Waals surface area contributed by atoms with Crippen molar-refractivity contribution >= 4 is 34.6 Å². The van der Waals surface area contributed by atoms with Crippen LogP contribution in [0.15, 0.2) is 24.5 Å². The molecule has 0 saturated carbocycles. The summed E-state index contributed by atoms with van der Waals surface area (Å²) in [6.07, 6.45) is 7.91. The average Bonchev–Trinajstić information content (AvgIpc) is 3.26. The summed E-state index contributed by atoms with van der Waals surface area (Å²) in [5.41, 5.74) is 0. The molecule has 0 aromatic carbocycles. The number of carbonyl (C=O) groups excluding carboxylic acids is 2. The first-order chi connectivity index (χ1) is 11.6. The highest BCUT2D eigenvalue weighted by molar-refractivity contribution is 7.13. The van der Waals surface area contributed by atoms with Gasteiger partial charge < -0.3 is 9.47 Å². The molecule has 0 atom stereocenters. The van der Waals surface area contributed by atoms with Crippen molar-refractivity contribution in [2.45, 2.75) is 26.7 Å². The van der Waals surface area contributed by atoms with E-state index in [1.807, 2.05) is 13.8 Å². The Morgan fingerprint density at radius 1 is 0.917 bits per heavy atom. The van der Waals surface area contributed by atoms with E-state index in [0.29, 0.717) is 9.75 Å². The number of hydrogen-bond acceptors (Lipinski definition) is 8. The Labute approximate surface area is 148 Å². The third-order valence-electron chi connectivity index (χ3n) is 2.90. The fraction of sp³-hybridized carbons (Fsp3) is 0.375. The van der Waals surface area contributed by atoms with E-state index in [9.17, 15) is 9.59 Å². The zero-order valence-electron chi connectivity index (χ0n) is 13.5. The van der Waals surface area contributed by atoms with Crippen molar-refractivity contribution in [3.05, 3.63) is 44.3 Å². The van der Waals surface area contributed by atoms with Crippen LogP contribution in [0.1, 0.15) is 43.2 Å². The molecule has 0 N–H and O–H groups in total. The monoisotopic (exact) mass is 366 g/mol. The fourth-order valence-electron chi connectivity index (χ4n) is 1.66. The van der Waals surface area contributed by atoms with Gasteiger partial charge in [0.15, 0.2) is 0 Å². The first kappa shape index (κ1) is 18.3. The maximum absolute atomic E-state index is 11.8. The molecule has 0 fully saturated rings. The smallest absolute Gasteiger partial charge is 0.350 e. The van der Waals surface area contributed by atoms with Crippen LogP contribution in [0.25, 0.3) is 0 Å². The Bertz CT molecular complexity index is 661. The molecule has 2 aromatic rings. The molecule has 8 heteroatoms. The topological polar surface area (TPSA) is 78.4 Å². The predicted octanol–water partition coefficient (Wildman–Crippen LogP) is 3.29. The molecule has 0 aliphatic rings. The van der Waals surface area contributed by atoms with Crippen LogP contribution in [0.5, 0.6) is 0 Å². The molecule has 0 radical (unpaired) electrons. The highest BCUT2D eigenvalue weighted by Crippen LogP contribution is 2.15. The summed E-state index contributed by atoms with van der Waals surface area (Å²) in [5, 5.41) is 1.80. The van der Waals surface area contributed by atoms with Crippen LogP contribution in [0.4, 0.5) is 0 Å². The Morgan fingerprint density at radius 3 is 1.67 bits per heavy atom. The number of rotatable bonds is 8. The van der Waals surface area contributed by atoms with Crippen LogP contribution in [0, 0.1) is 0 Å². The van der Waals surface area contributed by atoms with E-state index >= 15 is 0 Å². The quantitative estimate of drug-likeness (QED) is 0.527. The molecule has 2 aromatic heterocycles. The van der Waals surface area contributed by atoms with E-state index in [2.05, 4.69) is 9.97 Å². The molecule has 0 spiro atoms. The van der Waals surface area contributed by atoms with Crippen molar-refractivity contribution in [3.8, 4) is 0 Å². The lowest BCUT2D eigenvalue weighted by Crippen LogP contribution is -2.04. The molecule has 0 unspecified atom stereocenters. The van der Waals surface area contributed by atoms with Gasteiger partial charge in [-0.3, -0.25) is 0 Å². The van der Waals surface area contributed by atoms with Crippen molar-refractivity contribution < 1.29 is 19.1 Å². The van der Waals surface area contributed by atoms with Crippen LogP contribution in [0.2, 0.25) is 0 Å². The minimum Gasteiger partial charge on any atom is -0.457 e. The number of aromatic nitrogens is 2. The number of aryl methyl sites for hydroxylation is 2. The molecule has 0 aliphatic heterocycles. The van der Waals surface area contributed by atoms with Gasteiger partial charge in [0, 0.05) is 0 Å². The zero-order valence-corrected chi connectivity index (χ0v) is 15.1. The number of thiazole rings is 2. The predicted molar refractivity (Wildman–Crippen MR) is 92.7 cm³/mol. The molecule has 0 aliphatic carbocycles. The van der Waals surface area contributed by atoms with Crippen LogP contribution in [-0.2, 0) is 22.3 Å². The summed E-state index contributed by atoms with van der Waals surface area (Å²) < 4.78 is 10.2. The SMILES string of the molecule is CCc1ncc(C(=O)OC/C=C/COC(=O)c2cnc(CC)s2)s1. The second kappa shape index (κ2) is 9.29. The van der Waals surface area contributed by atoms with Crippen LogP contribution >= 0.6 is 22.7 Å².